The normalized spacial score (nSPS) is 11.3. The number of hydrogen-bond donors (Lipinski definition) is 2. The summed E-state index contributed by atoms with van der Waals surface area (Å²) in [5.74, 6) is -0.679. The molecule has 3 aromatic heterocycles. The highest BCUT2D eigenvalue weighted by molar-refractivity contribution is 7.21. The maximum atomic E-state index is 13.1. The molecule has 0 unspecified atom stereocenters. The van der Waals surface area contributed by atoms with Crippen molar-refractivity contribution in [2.24, 2.45) is 5.10 Å². The number of carbonyl (C=O) groups is 1. The lowest BCUT2D eigenvalue weighted by Crippen LogP contribution is -2.18. The Labute approximate surface area is 191 Å². The molecule has 0 saturated carbocycles. The van der Waals surface area contributed by atoms with E-state index in [1.165, 1.54) is 29.5 Å². The van der Waals surface area contributed by atoms with Crippen LogP contribution in [0.25, 0.3) is 15.9 Å². The van der Waals surface area contributed by atoms with Gasteiger partial charge in [-0.3, -0.25) is 14.9 Å². The van der Waals surface area contributed by atoms with Gasteiger partial charge in [0.05, 0.1) is 23.4 Å². The van der Waals surface area contributed by atoms with Crippen molar-refractivity contribution in [2.45, 2.75) is 13.5 Å². The number of phenols is 1. The van der Waals surface area contributed by atoms with E-state index in [1.54, 1.807) is 7.11 Å². The number of carbonyl (C=O) groups excluding carboxylic acids is 1. The van der Waals surface area contributed by atoms with Crippen LogP contribution < -0.4 is 5.43 Å². The molecule has 11 heteroatoms. The first-order chi connectivity index (χ1) is 15.9. The quantitative estimate of drug-likeness (QED) is 0.242. The molecule has 0 aliphatic carbocycles. The molecule has 0 saturated heterocycles. The maximum Gasteiger partial charge on any atom is 0.283 e. The fourth-order valence-electron chi connectivity index (χ4n) is 3.42. The number of rotatable bonds is 7. The summed E-state index contributed by atoms with van der Waals surface area (Å²) in [6.07, 6.45) is 4.82. The van der Waals surface area contributed by atoms with Gasteiger partial charge in [-0.1, -0.05) is 0 Å². The van der Waals surface area contributed by atoms with Crippen molar-refractivity contribution < 1.29 is 19.6 Å². The van der Waals surface area contributed by atoms with Gasteiger partial charge in [0, 0.05) is 48.3 Å². The third-order valence-corrected chi connectivity index (χ3v) is 5.88. The number of non-ortho nitro benzene ring substituents is 1. The highest BCUT2D eigenvalue weighted by Gasteiger charge is 2.23. The van der Waals surface area contributed by atoms with E-state index in [4.69, 9.17) is 4.74 Å². The first-order valence-electron chi connectivity index (χ1n) is 9.75. The number of ether oxygens (including phenoxy) is 1. The van der Waals surface area contributed by atoms with Crippen LogP contribution in [0.1, 0.15) is 26.5 Å². The number of aromatic nitrogens is 2. The SMILES string of the molecule is COCc1cc(C)nc2sc(C(=O)NN=Cc3cc([N+](=O)[O-])ccc3O)c(-n3cccc3)c12. The molecule has 4 aromatic rings. The van der Waals surface area contributed by atoms with E-state index in [0.717, 1.165) is 22.9 Å². The van der Waals surface area contributed by atoms with Gasteiger partial charge in [0.15, 0.2) is 0 Å². The van der Waals surface area contributed by atoms with Crippen LogP contribution in [-0.4, -0.2) is 38.8 Å². The number of methoxy groups -OCH3 is 1. The average Bonchev–Trinajstić information content (AvgIpc) is 3.42. The Hall–Kier alpha value is -4.09. The number of benzene rings is 1. The molecule has 168 valence electrons. The summed E-state index contributed by atoms with van der Waals surface area (Å²) in [6, 6.07) is 9.18. The minimum Gasteiger partial charge on any atom is -0.507 e. The number of aryl methyl sites for hydroxylation is 1. The van der Waals surface area contributed by atoms with Crippen molar-refractivity contribution in [3.63, 3.8) is 0 Å². The number of amides is 1. The third kappa shape index (κ3) is 4.45. The van der Waals surface area contributed by atoms with E-state index < -0.39 is 10.8 Å². The molecule has 4 rings (SSSR count). The fraction of sp³-hybridized carbons (Fsp3) is 0.136. The van der Waals surface area contributed by atoms with Gasteiger partial charge in [0.1, 0.15) is 15.5 Å². The smallest absolute Gasteiger partial charge is 0.283 e. The van der Waals surface area contributed by atoms with Crippen molar-refractivity contribution >= 4 is 39.4 Å². The topological polar surface area (TPSA) is 132 Å². The number of phenolic OH excluding ortho intramolecular Hbond substituents is 1. The molecule has 0 radical (unpaired) electrons. The van der Waals surface area contributed by atoms with Gasteiger partial charge >= 0.3 is 0 Å². The molecular weight excluding hydrogens is 446 g/mol. The zero-order chi connectivity index (χ0) is 23.5. The maximum absolute atomic E-state index is 13.1. The number of fused-ring (bicyclic) bond motifs is 1. The van der Waals surface area contributed by atoms with E-state index in [-0.39, 0.29) is 17.0 Å². The minimum atomic E-state index is -0.581. The number of hydrazone groups is 1. The average molecular weight is 465 g/mol. The third-order valence-electron chi connectivity index (χ3n) is 4.81. The molecule has 0 aliphatic heterocycles. The number of nitrogens with one attached hydrogen (secondary N) is 1. The van der Waals surface area contributed by atoms with Crippen LogP contribution in [0.5, 0.6) is 5.75 Å². The zero-order valence-electron chi connectivity index (χ0n) is 17.7. The number of thiophene rings is 1. The van der Waals surface area contributed by atoms with E-state index in [1.807, 2.05) is 42.1 Å². The molecule has 33 heavy (non-hydrogen) atoms. The second-order valence-corrected chi connectivity index (χ2v) is 8.10. The first-order valence-corrected chi connectivity index (χ1v) is 10.6. The van der Waals surface area contributed by atoms with Crippen molar-refractivity contribution in [1.29, 1.82) is 0 Å². The summed E-state index contributed by atoms with van der Waals surface area (Å²) < 4.78 is 7.19. The molecule has 0 aliphatic rings. The van der Waals surface area contributed by atoms with Crippen LogP contribution in [-0.2, 0) is 11.3 Å². The molecule has 1 aromatic carbocycles. The summed E-state index contributed by atoms with van der Waals surface area (Å²) in [6.45, 7) is 2.24. The van der Waals surface area contributed by atoms with E-state index in [2.05, 4.69) is 15.5 Å². The Morgan fingerprint density at radius 2 is 2.12 bits per heavy atom. The molecule has 0 spiro atoms. The second kappa shape index (κ2) is 9.18. The van der Waals surface area contributed by atoms with Crippen LogP contribution in [0.15, 0.2) is 53.9 Å². The summed E-state index contributed by atoms with van der Waals surface area (Å²) in [7, 11) is 1.61. The second-order valence-electron chi connectivity index (χ2n) is 7.11. The van der Waals surface area contributed by atoms with Gasteiger partial charge in [-0.25, -0.2) is 10.4 Å². The monoisotopic (exact) mass is 465 g/mol. The van der Waals surface area contributed by atoms with Gasteiger partial charge in [-0.05, 0) is 36.8 Å². The molecule has 0 bridgehead atoms. The lowest BCUT2D eigenvalue weighted by molar-refractivity contribution is -0.384. The van der Waals surface area contributed by atoms with Crippen LogP contribution in [0.2, 0.25) is 0 Å². The van der Waals surface area contributed by atoms with Crippen LogP contribution in [0, 0.1) is 17.0 Å². The zero-order valence-corrected chi connectivity index (χ0v) is 18.5. The Kier molecular flexibility index (Phi) is 6.16. The van der Waals surface area contributed by atoms with Crippen LogP contribution >= 0.6 is 11.3 Å². The van der Waals surface area contributed by atoms with E-state index in [0.29, 0.717) is 22.0 Å². The van der Waals surface area contributed by atoms with Gasteiger partial charge in [0.2, 0.25) is 0 Å². The van der Waals surface area contributed by atoms with Crippen LogP contribution in [0.4, 0.5) is 5.69 Å². The van der Waals surface area contributed by atoms with Gasteiger partial charge in [-0.2, -0.15) is 5.10 Å². The van der Waals surface area contributed by atoms with Crippen molar-refractivity contribution in [3.8, 4) is 11.4 Å². The number of nitrogens with zero attached hydrogens (tertiary/aromatic N) is 4. The highest BCUT2D eigenvalue weighted by atomic mass is 32.1. The van der Waals surface area contributed by atoms with Crippen molar-refractivity contribution in [1.82, 2.24) is 15.0 Å². The van der Waals surface area contributed by atoms with E-state index in [9.17, 15) is 20.0 Å². The molecule has 1 amide bonds. The Morgan fingerprint density at radius 1 is 1.36 bits per heavy atom. The molecule has 2 N–H and O–H groups in total. The van der Waals surface area contributed by atoms with Crippen LogP contribution in [0.3, 0.4) is 0 Å². The minimum absolute atomic E-state index is 0.103. The van der Waals surface area contributed by atoms with E-state index >= 15 is 0 Å². The number of pyridine rings is 1. The predicted molar refractivity (Wildman–Crippen MR) is 124 cm³/mol. The lowest BCUT2D eigenvalue weighted by Gasteiger charge is -2.09. The molecular formula is C22H19N5O5S. The van der Waals surface area contributed by atoms with Gasteiger partial charge < -0.3 is 14.4 Å². The Bertz CT molecular complexity index is 1380. The molecule has 10 nitrogen and oxygen atoms in total. The summed E-state index contributed by atoms with van der Waals surface area (Å²) in [5.41, 5.74) is 4.71. The number of nitro benzene ring substituents is 1. The Balaban J connectivity index is 1.72. The Morgan fingerprint density at radius 3 is 2.82 bits per heavy atom. The highest BCUT2D eigenvalue weighted by Crippen LogP contribution is 2.36. The largest absolute Gasteiger partial charge is 0.507 e. The molecule has 3 heterocycles. The number of hydrogen-bond acceptors (Lipinski definition) is 8. The lowest BCUT2D eigenvalue weighted by atomic mass is 10.1. The van der Waals surface area contributed by atoms with Crippen molar-refractivity contribution in [3.05, 3.63) is 80.6 Å². The van der Waals surface area contributed by atoms with Gasteiger partial charge in [-0.15, -0.1) is 11.3 Å². The summed E-state index contributed by atoms with van der Waals surface area (Å²) in [4.78, 5) is 29.1. The van der Waals surface area contributed by atoms with Crippen molar-refractivity contribution in [2.75, 3.05) is 7.11 Å². The van der Waals surface area contributed by atoms with Gasteiger partial charge in [0.25, 0.3) is 11.6 Å². The molecule has 0 atom stereocenters. The predicted octanol–water partition coefficient (Wildman–Crippen LogP) is 3.92. The summed E-state index contributed by atoms with van der Waals surface area (Å²) in [5, 5.41) is 25.6. The standard InChI is InChI=1S/C22H19N5O5S/c1-13-9-15(12-32-2)18-19(26-7-3-4-8-26)20(33-22(18)24-13)21(29)25-23-11-14-10-16(27(30)31)5-6-17(14)28/h3-11,28H,12H2,1-2H3,(H,25,29). The summed E-state index contributed by atoms with van der Waals surface area (Å²) >= 11 is 1.23. The fourth-order valence-corrected chi connectivity index (χ4v) is 4.57. The molecule has 0 fully saturated rings. The number of aromatic hydroxyl groups is 1. The number of nitro groups is 1. The first kappa shape index (κ1) is 22.1.